The zero-order chi connectivity index (χ0) is 13.2. The van der Waals surface area contributed by atoms with E-state index in [2.05, 4.69) is 9.72 Å². The molecule has 0 spiro atoms. The third-order valence-corrected chi connectivity index (χ3v) is 1.83. The van der Waals surface area contributed by atoms with Crippen molar-refractivity contribution < 1.29 is 28.3 Å². The predicted molar refractivity (Wildman–Crippen MR) is 49.4 cm³/mol. The lowest BCUT2D eigenvalue weighted by Crippen LogP contribution is -2.08. The number of nitrogens with zero attached hydrogens (tertiary/aromatic N) is 2. The SMILES string of the molecule is COc1nc([N+](=O)[O-])c(C(=O)O)cc1C(F)F. The van der Waals surface area contributed by atoms with Crippen molar-refractivity contribution in [3.05, 3.63) is 27.3 Å². The number of methoxy groups -OCH3 is 1. The number of alkyl halides is 2. The molecule has 1 N–H and O–H groups in total. The van der Waals surface area contributed by atoms with Crippen molar-refractivity contribution >= 4 is 11.8 Å². The molecule has 0 amide bonds. The first kappa shape index (κ1) is 12.7. The van der Waals surface area contributed by atoms with Crippen LogP contribution in [0.15, 0.2) is 6.07 Å². The Bertz CT molecular complexity index is 477. The zero-order valence-corrected chi connectivity index (χ0v) is 8.39. The van der Waals surface area contributed by atoms with E-state index in [4.69, 9.17) is 5.11 Å². The van der Waals surface area contributed by atoms with Crippen LogP contribution >= 0.6 is 0 Å². The van der Waals surface area contributed by atoms with Crippen molar-refractivity contribution in [3.8, 4) is 5.88 Å². The van der Waals surface area contributed by atoms with E-state index < -0.39 is 40.1 Å². The molecule has 7 nitrogen and oxygen atoms in total. The van der Waals surface area contributed by atoms with E-state index >= 15 is 0 Å². The van der Waals surface area contributed by atoms with Crippen LogP contribution in [-0.2, 0) is 0 Å². The summed E-state index contributed by atoms with van der Waals surface area (Å²) in [7, 11) is 0.998. The van der Waals surface area contributed by atoms with Crippen molar-refractivity contribution in [3.63, 3.8) is 0 Å². The quantitative estimate of drug-likeness (QED) is 0.641. The van der Waals surface area contributed by atoms with E-state index in [0.29, 0.717) is 6.07 Å². The molecule has 92 valence electrons. The number of ether oxygens (including phenoxy) is 1. The molecule has 0 aliphatic carbocycles. The molecule has 1 rings (SSSR count). The number of hydrogen-bond donors (Lipinski definition) is 1. The normalized spacial score (nSPS) is 10.4. The number of aromatic nitrogens is 1. The van der Waals surface area contributed by atoms with E-state index in [9.17, 15) is 23.7 Å². The third-order valence-electron chi connectivity index (χ3n) is 1.83. The van der Waals surface area contributed by atoms with Gasteiger partial charge in [0.1, 0.15) is 5.56 Å². The van der Waals surface area contributed by atoms with Gasteiger partial charge in [-0.25, -0.2) is 13.6 Å². The largest absolute Gasteiger partial charge is 0.477 e. The lowest BCUT2D eigenvalue weighted by Gasteiger charge is -2.05. The van der Waals surface area contributed by atoms with Gasteiger partial charge in [0.15, 0.2) is 5.56 Å². The molecule has 0 bridgehead atoms. The smallest absolute Gasteiger partial charge is 0.382 e. The fourth-order valence-electron chi connectivity index (χ4n) is 1.12. The Morgan fingerprint density at radius 1 is 1.65 bits per heavy atom. The third kappa shape index (κ3) is 2.44. The summed E-state index contributed by atoms with van der Waals surface area (Å²) in [4.78, 5) is 23.3. The minimum Gasteiger partial charge on any atom is -0.477 e. The molecular weight excluding hydrogens is 242 g/mol. The lowest BCUT2D eigenvalue weighted by atomic mass is 10.2. The Morgan fingerprint density at radius 2 is 2.24 bits per heavy atom. The first-order valence-corrected chi connectivity index (χ1v) is 4.13. The van der Waals surface area contributed by atoms with E-state index in [1.807, 2.05) is 0 Å². The van der Waals surface area contributed by atoms with Gasteiger partial charge in [-0.15, -0.1) is 0 Å². The van der Waals surface area contributed by atoms with Gasteiger partial charge in [-0.3, -0.25) is 0 Å². The van der Waals surface area contributed by atoms with Crippen molar-refractivity contribution in [1.29, 1.82) is 0 Å². The average molecular weight is 248 g/mol. The first-order chi connectivity index (χ1) is 7.88. The minimum absolute atomic E-state index is 0.483. The van der Waals surface area contributed by atoms with Gasteiger partial charge in [0.2, 0.25) is 0 Å². The Balaban J connectivity index is 3.53. The number of hydrogen-bond acceptors (Lipinski definition) is 5. The maximum Gasteiger partial charge on any atom is 0.382 e. The van der Waals surface area contributed by atoms with Gasteiger partial charge in [-0.2, -0.15) is 0 Å². The van der Waals surface area contributed by atoms with Gasteiger partial charge >= 0.3 is 17.7 Å². The van der Waals surface area contributed by atoms with Gasteiger partial charge in [0.05, 0.1) is 7.11 Å². The van der Waals surface area contributed by atoms with E-state index in [0.717, 1.165) is 7.11 Å². The highest BCUT2D eigenvalue weighted by atomic mass is 19.3. The molecule has 9 heteroatoms. The molecule has 1 heterocycles. The monoisotopic (exact) mass is 248 g/mol. The molecule has 0 aliphatic heterocycles. The van der Waals surface area contributed by atoms with Gasteiger partial charge in [-0.1, -0.05) is 0 Å². The van der Waals surface area contributed by atoms with Crippen molar-refractivity contribution in [1.82, 2.24) is 4.98 Å². The molecule has 0 aromatic carbocycles. The standard InChI is InChI=1S/C8H6F2N2O5/c1-17-7-3(5(9)10)2-4(8(13)14)6(11-7)12(15)16/h2,5H,1H3,(H,13,14). The van der Waals surface area contributed by atoms with Crippen LogP contribution in [0, 0.1) is 10.1 Å². The second-order valence-electron chi connectivity index (χ2n) is 2.82. The van der Waals surface area contributed by atoms with Gasteiger partial charge in [0, 0.05) is 4.98 Å². The summed E-state index contributed by atoms with van der Waals surface area (Å²) < 4.78 is 29.5. The second-order valence-corrected chi connectivity index (χ2v) is 2.82. The fraction of sp³-hybridized carbons (Fsp3) is 0.250. The van der Waals surface area contributed by atoms with Crippen LogP contribution < -0.4 is 4.74 Å². The zero-order valence-electron chi connectivity index (χ0n) is 8.39. The molecule has 0 aliphatic rings. The number of carbonyl (C=O) groups is 1. The number of rotatable bonds is 4. The average Bonchev–Trinajstić information content (AvgIpc) is 2.26. The van der Waals surface area contributed by atoms with Crippen LogP contribution in [0.3, 0.4) is 0 Å². The van der Waals surface area contributed by atoms with Crippen molar-refractivity contribution in [2.75, 3.05) is 7.11 Å². The maximum atomic E-state index is 12.5. The van der Waals surface area contributed by atoms with Crippen molar-refractivity contribution in [2.24, 2.45) is 0 Å². The molecule has 1 aromatic heterocycles. The van der Waals surface area contributed by atoms with Crippen LogP contribution in [0.5, 0.6) is 5.88 Å². The highest BCUT2D eigenvalue weighted by Gasteiger charge is 2.30. The minimum atomic E-state index is -3.05. The maximum absolute atomic E-state index is 12.5. The van der Waals surface area contributed by atoms with Crippen molar-refractivity contribution in [2.45, 2.75) is 6.43 Å². The Kier molecular flexibility index (Phi) is 3.51. The van der Waals surface area contributed by atoms with Crippen LogP contribution in [0.4, 0.5) is 14.6 Å². The summed E-state index contributed by atoms with van der Waals surface area (Å²) in [6.07, 6.45) is -3.05. The number of carboxylic acids is 1. The fourth-order valence-corrected chi connectivity index (χ4v) is 1.12. The summed E-state index contributed by atoms with van der Waals surface area (Å²) in [5.41, 5.74) is -1.72. The summed E-state index contributed by atoms with van der Waals surface area (Å²) in [5, 5.41) is 19.2. The molecule has 17 heavy (non-hydrogen) atoms. The molecule has 0 unspecified atom stereocenters. The number of nitro groups is 1. The first-order valence-electron chi connectivity index (χ1n) is 4.13. The van der Waals surface area contributed by atoms with Crippen LogP contribution in [0.2, 0.25) is 0 Å². The molecule has 0 saturated carbocycles. The Hall–Kier alpha value is -2.32. The molecular formula is C8H6F2N2O5. The molecule has 0 radical (unpaired) electrons. The molecule has 1 aromatic rings. The number of aromatic carboxylic acids is 1. The topological polar surface area (TPSA) is 103 Å². The van der Waals surface area contributed by atoms with Gasteiger partial charge in [-0.05, 0) is 11.0 Å². The summed E-state index contributed by atoms with van der Waals surface area (Å²) in [6.45, 7) is 0. The number of pyridine rings is 1. The summed E-state index contributed by atoms with van der Waals surface area (Å²) in [6, 6.07) is 0.483. The Morgan fingerprint density at radius 3 is 2.59 bits per heavy atom. The number of halogens is 2. The number of carboxylic acid groups (broad SMARTS) is 1. The summed E-state index contributed by atoms with van der Waals surface area (Å²) >= 11 is 0. The van der Waals surface area contributed by atoms with Crippen LogP contribution in [-0.4, -0.2) is 28.1 Å². The molecule has 0 fully saturated rings. The highest BCUT2D eigenvalue weighted by Crippen LogP contribution is 2.31. The van der Waals surface area contributed by atoms with Crippen LogP contribution in [0.25, 0.3) is 0 Å². The highest BCUT2D eigenvalue weighted by molar-refractivity contribution is 5.91. The van der Waals surface area contributed by atoms with E-state index in [1.54, 1.807) is 0 Å². The van der Waals surface area contributed by atoms with Gasteiger partial charge < -0.3 is 20.0 Å². The van der Waals surface area contributed by atoms with E-state index in [1.165, 1.54) is 0 Å². The lowest BCUT2D eigenvalue weighted by molar-refractivity contribution is -0.390. The Labute approximate surface area is 92.8 Å². The van der Waals surface area contributed by atoms with Crippen LogP contribution in [0.1, 0.15) is 22.3 Å². The summed E-state index contributed by atoms with van der Waals surface area (Å²) in [5.74, 6) is -3.43. The van der Waals surface area contributed by atoms with E-state index in [-0.39, 0.29) is 0 Å². The predicted octanol–water partition coefficient (Wildman–Crippen LogP) is 1.63. The van der Waals surface area contributed by atoms with Gasteiger partial charge in [0.25, 0.3) is 6.43 Å². The molecule has 0 atom stereocenters. The second kappa shape index (κ2) is 4.68. The molecule has 0 saturated heterocycles.